The lowest BCUT2D eigenvalue weighted by atomic mass is 10.0. The quantitative estimate of drug-likeness (QED) is 0.796. The third-order valence-corrected chi connectivity index (χ3v) is 6.37. The van der Waals surface area contributed by atoms with Gasteiger partial charge in [-0.2, -0.15) is 4.31 Å². The number of halogens is 1. The first kappa shape index (κ1) is 16.2. The van der Waals surface area contributed by atoms with Gasteiger partial charge in [-0.05, 0) is 33.8 Å². The lowest BCUT2D eigenvalue weighted by Crippen LogP contribution is -2.58. The zero-order valence-electron chi connectivity index (χ0n) is 12.1. The van der Waals surface area contributed by atoms with Gasteiger partial charge in [0.25, 0.3) is 0 Å². The second-order valence-corrected chi connectivity index (χ2v) is 9.48. The number of morpholine rings is 1. The van der Waals surface area contributed by atoms with Gasteiger partial charge in [0.15, 0.2) is 0 Å². The Bertz CT molecular complexity index is 577. The van der Waals surface area contributed by atoms with Crippen LogP contribution in [0.25, 0.3) is 0 Å². The number of nitrogens with zero attached hydrogens (tertiary/aromatic N) is 1. The van der Waals surface area contributed by atoms with Gasteiger partial charge in [0, 0.05) is 23.3 Å². The van der Waals surface area contributed by atoms with Crippen molar-refractivity contribution in [3.63, 3.8) is 0 Å². The molecule has 1 aromatic rings. The Kier molecular flexibility index (Phi) is 4.26. The van der Waals surface area contributed by atoms with E-state index in [2.05, 4.69) is 0 Å². The van der Waals surface area contributed by atoms with Crippen LogP contribution in [-0.2, 0) is 20.6 Å². The molecular formula is C13H20ClNO3S2. The van der Waals surface area contributed by atoms with Crippen LogP contribution >= 0.6 is 22.9 Å². The minimum atomic E-state index is -3.49. The van der Waals surface area contributed by atoms with Gasteiger partial charge in [-0.1, -0.05) is 0 Å². The lowest BCUT2D eigenvalue weighted by Gasteiger charge is -2.46. The molecule has 0 unspecified atom stereocenters. The van der Waals surface area contributed by atoms with Gasteiger partial charge in [-0.15, -0.1) is 22.9 Å². The first-order valence-electron chi connectivity index (χ1n) is 6.39. The molecule has 0 aliphatic carbocycles. The molecule has 114 valence electrons. The molecule has 20 heavy (non-hydrogen) atoms. The van der Waals surface area contributed by atoms with Crippen molar-refractivity contribution < 1.29 is 13.2 Å². The summed E-state index contributed by atoms with van der Waals surface area (Å²) in [4.78, 5) is 1.18. The monoisotopic (exact) mass is 337 g/mol. The molecule has 1 aromatic heterocycles. The van der Waals surface area contributed by atoms with Crippen molar-refractivity contribution in [3.05, 3.63) is 16.3 Å². The van der Waals surface area contributed by atoms with Crippen LogP contribution in [0.2, 0.25) is 0 Å². The number of hydrogen-bond donors (Lipinski definition) is 0. The van der Waals surface area contributed by atoms with Gasteiger partial charge < -0.3 is 4.74 Å². The van der Waals surface area contributed by atoms with Gasteiger partial charge in [-0.25, -0.2) is 8.42 Å². The van der Waals surface area contributed by atoms with Gasteiger partial charge in [-0.3, -0.25) is 0 Å². The van der Waals surface area contributed by atoms with Crippen molar-refractivity contribution in [2.24, 2.45) is 0 Å². The Morgan fingerprint density at radius 3 is 2.30 bits per heavy atom. The summed E-state index contributed by atoms with van der Waals surface area (Å²) in [6.07, 6.45) is 0. The van der Waals surface area contributed by atoms with E-state index in [1.165, 1.54) is 15.6 Å². The van der Waals surface area contributed by atoms with Crippen molar-refractivity contribution in [1.29, 1.82) is 0 Å². The molecule has 7 heteroatoms. The minimum Gasteiger partial charge on any atom is -0.367 e. The number of ether oxygens (including phenoxy) is 1. The van der Waals surface area contributed by atoms with Gasteiger partial charge in [0.05, 0.1) is 22.0 Å². The summed E-state index contributed by atoms with van der Waals surface area (Å²) in [6.45, 7) is 8.35. The molecule has 1 fully saturated rings. The van der Waals surface area contributed by atoms with Crippen molar-refractivity contribution >= 4 is 33.0 Å². The average molecular weight is 338 g/mol. The Morgan fingerprint density at radius 2 is 1.85 bits per heavy atom. The molecule has 0 bridgehead atoms. The molecule has 0 radical (unpaired) electrons. The Hall–Kier alpha value is -0.140. The van der Waals surface area contributed by atoms with Crippen LogP contribution in [0.5, 0.6) is 0 Å². The highest BCUT2D eigenvalue weighted by molar-refractivity contribution is 7.89. The van der Waals surface area contributed by atoms with E-state index < -0.39 is 21.2 Å². The highest BCUT2D eigenvalue weighted by Crippen LogP contribution is 2.33. The van der Waals surface area contributed by atoms with Crippen LogP contribution in [-0.4, -0.2) is 37.0 Å². The zero-order valence-corrected chi connectivity index (χ0v) is 14.5. The van der Waals surface area contributed by atoms with Crippen LogP contribution in [0.1, 0.15) is 32.6 Å². The van der Waals surface area contributed by atoms with E-state index in [4.69, 9.17) is 16.3 Å². The van der Waals surface area contributed by atoms with Crippen molar-refractivity contribution in [2.45, 2.75) is 49.7 Å². The fourth-order valence-electron chi connectivity index (χ4n) is 2.60. The SMILES string of the molecule is CC1(C)CN(S(=O)(=O)c2csc(CCl)c2)CC(C)(C)O1. The highest BCUT2D eigenvalue weighted by Gasteiger charge is 2.43. The second kappa shape index (κ2) is 5.25. The van der Waals surface area contributed by atoms with E-state index in [1.54, 1.807) is 11.4 Å². The molecule has 0 amide bonds. The maximum Gasteiger partial charge on any atom is 0.244 e. The smallest absolute Gasteiger partial charge is 0.244 e. The summed E-state index contributed by atoms with van der Waals surface area (Å²) >= 11 is 7.12. The van der Waals surface area contributed by atoms with Gasteiger partial charge in [0.2, 0.25) is 10.0 Å². The molecule has 0 saturated carbocycles. The topological polar surface area (TPSA) is 46.6 Å². The van der Waals surface area contributed by atoms with Crippen molar-refractivity contribution in [3.8, 4) is 0 Å². The molecule has 2 heterocycles. The van der Waals surface area contributed by atoms with E-state index in [0.29, 0.717) is 23.9 Å². The van der Waals surface area contributed by atoms with Gasteiger partial charge >= 0.3 is 0 Å². The molecule has 4 nitrogen and oxygen atoms in total. The predicted octanol–water partition coefficient (Wildman–Crippen LogP) is 3.07. The van der Waals surface area contributed by atoms with Crippen LogP contribution in [0.15, 0.2) is 16.3 Å². The molecule has 0 N–H and O–H groups in total. The number of alkyl halides is 1. The first-order chi connectivity index (χ1) is 9.06. The van der Waals surface area contributed by atoms with E-state index in [1.807, 2.05) is 27.7 Å². The fourth-order valence-corrected chi connectivity index (χ4v) is 5.72. The molecule has 1 saturated heterocycles. The summed E-state index contributed by atoms with van der Waals surface area (Å²) in [5, 5.41) is 1.66. The average Bonchev–Trinajstić information content (AvgIpc) is 2.73. The van der Waals surface area contributed by atoms with Crippen LogP contribution in [0, 0.1) is 0 Å². The van der Waals surface area contributed by atoms with E-state index in [9.17, 15) is 8.42 Å². The van der Waals surface area contributed by atoms with Crippen molar-refractivity contribution in [1.82, 2.24) is 4.31 Å². The predicted molar refractivity (Wildman–Crippen MR) is 81.9 cm³/mol. The molecule has 1 aliphatic rings. The molecule has 0 spiro atoms. The van der Waals surface area contributed by atoms with Crippen molar-refractivity contribution in [2.75, 3.05) is 13.1 Å². The summed E-state index contributed by atoms with van der Waals surface area (Å²) in [6, 6.07) is 1.66. The van der Waals surface area contributed by atoms with Gasteiger partial charge in [0.1, 0.15) is 0 Å². The maximum atomic E-state index is 12.7. The summed E-state index contributed by atoms with van der Waals surface area (Å²) in [5.74, 6) is 0.334. The molecular weight excluding hydrogens is 318 g/mol. The summed E-state index contributed by atoms with van der Waals surface area (Å²) in [5.41, 5.74) is -1.000. The number of rotatable bonds is 3. The third-order valence-electron chi connectivity index (χ3n) is 3.07. The zero-order chi connectivity index (χ0) is 15.2. The standard InChI is InChI=1S/C13H20ClNO3S2/c1-12(2)8-15(9-13(3,4)18-12)20(16,17)11-5-10(6-14)19-7-11/h5,7H,6,8-9H2,1-4H3. The van der Waals surface area contributed by atoms with Crippen LogP contribution < -0.4 is 0 Å². The summed E-state index contributed by atoms with van der Waals surface area (Å²) in [7, 11) is -3.49. The van der Waals surface area contributed by atoms with Crippen LogP contribution in [0.4, 0.5) is 0 Å². The first-order valence-corrected chi connectivity index (χ1v) is 9.25. The summed E-state index contributed by atoms with van der Waals surface area (Å²) < 4.78 is 32.9. The molecule has 2 rings (SSSR count). The molecule has 0 atom stereocenters. The Balaban J connectivity index is 2.33. The highest BCUT2D eigenvalue weighted by atomic mass is 35.5. The van der Waals surface area contributed by atoms with E-state index in [0.717, 1.165) is 4.88 Å². The Morgan fingerprint density at radius 1 is 1.30 bits per heavy atom. The largest absolute Gasteiger partial charge is 0.367 e. The lowest BCUT2D eigenvalue weighted by molar-refractivity contribution is -0.163. The normalized spacial score (nSPS) is 22.9. The third kappa shape index (κ3) is 3.36. The van der Waals surface area contributed by atoms with E-state index in [-0.39, 0.29) is 0 Å². The fraction of sp³-hybridized carbons (Fsp3) is 0.692. The number of thiophene rings is 1. The second-order valence-electron chi connectivity index (χ2n) is 6.28. The minimum absolute atomic E-state index is 0.326. The Labute approximate surface area is 129 Å². The number of sulfonamides is 1. The maximum absolute atomic E-state index is 12.7. The van der Waals surface area contributed by atoms with Crippen LogP contribution in [0.3, 0.4) is 0 Å². The number of hydrogen-bond acceptors (Lipinski definition) is 4. The van der Waals surface area contributed by atoms with E-state index >= 15 is 0 Å². The molecule has 0 aromatic carbocycles. The molecule has 1 aliphatic heterocycles.